The summed E-state index contributed by atoms with van der Waals surface area (Å²) in [5.41, 5.74) is 2.91. The van der Waals surface area contributed by atoms with Gasteiger partial charge >= 0.3 is 0 Å². The summed E-state index contributed by atoms with van der Waals surface area (Å²) in [7, 11) is 3.96. The molecule has 0 spiro atoms. The number of benzene rings is 2. The minimum Gasteiger partial charge on any atom is -0.496 e. The summed E-state index contributed by atoms with van der Waals surface area (Å²) in [6.07, 6.45) is 2.23. The van der Waals surface area contributed by atoms with Crippen LogP contribution in [0.5, 0.6) is 5.75 Å². The molecule has 3 rings (SSSR count). The molecule has 0 bridgehead atoms. The maximum Gasteiger partial charge on any atom is 0.133 e. The van der Waals surface area contributed by atoms with Crippen molar-refractivity contribution < 1.29 is 4.74 Å². The van der Waals surface area contributed by atoms with E-state index in [1.54, 1.807) is 18.9 Å². The molecule has 2 aromatic rings. The van der Waals surface area contributed by atoms with Gasteiger partial charge in [0, 0.05) is 18.0 Å². The molecule has 0 aromatic heterocycles. The number of hydrogen-bond donors (Lipinski definition) is 0. The fourth-order valence-electron chi connectivity index (χ4n) is 2.70. The standard InChI is InChI=1S/C18H21NOS/c1-19-10-8-14-12-17(20-2)18(13-15(14)9-11-19)21-16-6-4-3-5-7-16/h3-7,12-13H,8-11H2,1-2H3. The molecular formula is C18H21NOS. The van der Waals surface area contributed by atoms with Crippen LogP contribution in [-0.4, -0.2) is 32.1 Å². The van der Waals surface area contributed by atoms with Gasteiger partial charge < -0.3 is 9.64 Å². The van der Waals surface area contributed by atoms with Crippen LogP contribution < -0.4 is 4.74 Å². The van der Waals surface area contributed by atoms with Crippen LogP contribution in [0, 0.1) is 0 Å². The topological polar surface area (TPSA) is 12.5 Å². The Kier molecular flexibility index (Phi) is 4.51. The highest BCUT2D eigenvalue weighted by molar-refractivity contribution is 7.99. The molecule has 21 heavy (non-hydrogen) atoms. The molecule has 0 atom stereocenters. The molecule has 110 valence electrons. The Labute approximate surface area is 131 Å². The van der Waals surface area contributed by atoms with Crippen molar-refractivity contribution in [3.63, 3.8) is 0 Å². The van der Waals surface area contributed by atoms with E-state index in [-0.39, 0.29) is 0 Å². The van der Waals surface area contributed by atoms with Gasteiger partial charge in [0.1, 0.15) is 5.75 Å². The molecule has 2 nitrogen and oxygen atoms in total. The highest BCUT2D eigenvalue weighted by atomic mass is 32.2. The Morgan fingerprint density at radius 3 is 2.33 bits per heavy atom. The maximum absolute atomic E-state index is 5.62. The van der Waals surface area contributed by atoms with Crippen molar-refractivity contribution in [3.05, 3.63) is 53.6 Å². The molecule has 0 radical (unpaired) electrons. The van der Waals surface area contributed by atoms with Crippen molar-refractivity contribution >= 4 is 11.8 Å². The molecule has 0 fully saturated rings. The Morgan fingerprint density at radius 1 is 1.00 bits per heavy atom. The molecule has 0 amide bonds. The number of fused-ring (bicyclic) bond motifs is 1. The zero-order valence-corrected chi connectivity index (χ0v) is 13.5. The molecule has 0 unspecified atom stereocenters. The fraction of sp³-hybridized carbons (Fsp3) is 0.333. The summed E-state index contributed by atoms with van der Waals surface area (Å²) in [6, 6.07) is 15.0. The van der Waals surface area contributed by atoms with Crippen LogP contribution in [0.3, 0.4) is 0 Å². The van der Waals surface area contributed by atoms with Gasteiger partial charge in [-0.3, -0.25) is 0 Å². The zero-order valence-electron chi connectivity index (χ0n) is 12.6. The average molecular weight is 299 g/mol. The lowest BCUT2D eigenvalue weighted by Crippen LogP contribution is -2.20. The highest BCUT2D eigenvalue weighted by Gasteiger charge is 2.15. The van der Waals surface area contributed by atoms with E-state index >= 15 is 0 Å². The van der Waals surface area contributed by atoms with E-state index < -0.39 is 0 Å². The first-order chi connectivity index (χ1) is 10.3. The highest BCUT2D eigenvalue weighted by Crippen LogP contribution is 2.37. The SMILES string of the molecule is COc1cc2c(cc1Sc1ccccc1)CCN(C)CC2. The number of hydrogen-bond acceptors (Lipinski definition) is 3. The third-order valence-corrected chi connectivity index (χ3v) is 5.03. The number of rotatable bonds is 3. The number of nitrogens with zero attached hydrogens (tertiary/aromatic N) is 1. The lowest BCUT2D eigenvalue weighted by molar-refractivity contribution is 0.352. The van der Waals surface area contributed by atoms with Gasteiger partial charge in [0.25, 0.3) is 0 Å². The molecule has 1 aliphatic heterocycles. The quantitative estimate of drug-likeness (QED) is 0.853. The van der Waals surface area contributed by atoms with E-state index in [0.29, 0.717) is 0 Å². The van der Waals surface area contributed by atoms with Gasteiger partial charge in [-0.05, 0) is 55.3 Å². The molecule has 0 aliphatic carbocycles. The van der Waals surface area contributed by atoms with Gasteiger partial charge in [0.05, 0.1) is 12.0 Å². The fourth-order valence-corrected chi connectivity index (χ4v) is 3.69. The predicted molar refractivity (Wildman–Crippen MR) is 88.5 cm³/mol. The van der Waals surface area contributed by atoms with Gasteiger partial charge in [-0.2, -0.15) is 0 Å². The van der Waals surface area contributed by atoms with E-state index in [2.05, 4.69) is 48.3 Å². The maximum atomic E-state index is 5.62. The minimum absolute atomic E-state index is 0.993. The second-order valence-corrected chi connectivity index (χ2v) is 6.61. The normalized spacial score (nSPS) is 15.3. The van der Waals surface area contributed by atoms with Crippen LogP contribution in [0.1, 0.15) is 11.1 Å². The van der Waals surface area contributed by atoms with Gasteiger partial charge in [-0.1, -0.05) is 30.0 Å². The summed E-state index contributed by atoms with van der Waals surface area (Å²) >= 11 is 1.78. The summed E-state index contributed by atoms with van der Waals surface area (Å²) in [4.78, 5) is 4.87. The number of ether oxygens (including phenoxy) is 1. The molecule has 3 heteroatoms. The van der Waals surface area contributed by atoms with Crippen LogP contribution in [0.2, 0.25) is 0 Å². The van der Waals surface area contributed by atoms with Gasteiger partial charge in [0.2, 0.25) is 0 Å². The smallest absolute Gasteiger partial charge is 0.133 e. The second-order valence-electron chi connectivity index (χ2n) is 5.49. The Hall–Kier alpha value is -1.45. The molecule has 1 aliphatic rings. The molecule has 0 saturated heterocycles. The molecular weight excluding hydrogens is 278 g/mol. The number of likely N-dealkylation sites (N-methyl/N-ethyl adjacent to an activating group) is 1. The van der Waals surface area contributed by atoms with Crippen LogP contribution >= 0.6 is 11.8 Å². The molecule has 0 saturated carbocycles. The van der Waals surface area contributed by atoms with Gasteiger partial charge in [0.15, 0.2) is 0 Å². The van der Waals surface area contributed by atoms with Gasteiger partial charge in [-0.15, -0.1) is 0 Å². The van der Waals surface area contributed by atoms with Crippen molar-refractivity contribution in [2.45, 2.75) is 22.6 Å². The van der Waals surface area contributed by atoms with Crippen LogP contribution in [0.25, 0.3) is 0 Å². The third-order valence-electron chi connectivity index (χ3n) is 3.98. The largest absolute Gasteiger partial charge is 0.496 e. The van der Waals surface area contributed by atoms with E-state index in [0.717, 1.165) is 31.7 Å². The lowest BCUT2D eigenvalue weighted by atomic mass is 10.0. The van der Waals surface area contributed by atoms with Crippen molar-refractivity contribution in [3.8, 4) is 5.75 Å². The lowest BCUT2D eigenvalue weighted by Gasteiger charge is -2.13. The predicted octanol–water partition coefficient (Wildman–Crippen LogP) is 3.88. The zero-order chi connectivity index (χ0) is 14.7. The molecule has 0 N–H and O–H groups in total. The molecule has 2 aromatic carbocycles. The first-order valence-corrected chi connectivity index (χ1v) is 8.19. The van der Waals surface area contributed by atoms with Crippen molar-refractivity contribution in [1.29, 1.82) is 0 Å². The Bertz CT molecular complexity index is 612. The summed E-state index contributed by atoms with van der Waals surface area (Å²) < 4.78 is 5.62. The Balaban J connectivity index is 1.93. The van der Waals surface area contributed by atoms with Crippen molar-refractivity contribution in [1.82, 2.24) is 4.90 Å². The van der Waals surface area contributed by atoms with Crippen molar-refractivity contribution in [2.75, 3.05) is 27.2 Å². The summed E-state index contributed by atoms with van der Waals surface area (Å²) in [6.45, 7) is 2.26. The average Bonchev–Trinajstić information content (AvgIpc) is 2.69. The van der Waals surface area contributed by atoms with Crippen molar-refractivity contribution in [2.24, 2.45) is 0 Å². The summed E-state index contributed by atoms with van der Waals surface area (Å²) in [5, 5.41) is 0. The van der Waals surface area contributed by atoms with Crippen LogP contribution in [-0.2, 0) is 12.8 Å². The first kappa shape index (κ1) is 14.5. The van der Waals surface area contributed by atoms with Crippen LogP contribution in [0.4, 0.5) is 0 Å². The second kappa shape index (κ2) is 6.54. The van der Waals surface area contributed by atoms with Gasteiger partial charge in [-0.25, -0.2) is 0 Å². The molecule has 1 heterocycles. The monoisotopic (exact) mass is 299 g/mol. The van der Waals surface area contributed by atoms with E-state index in [4.69, 9.17) is 4.74 Å². The summed E-state index contributed by atoms with van der Waals surface area (Å²) in [5.74, 6) is 0.993. The van der Waals surface area contributed by atoms with E-state index in [9.17, 15) is 0 Å². The first-order valence-electron chi connectivity index (χ1n) is 7.37. The van der Waals surface area contributed by atoms with E-state index in [1.165, 1.54) is 20.9 Å². The number of methoxy groups -OCH3 is 1. The van der Waals surface area contributed by atoms with E-state index in [1.807, 2.05) is 6.07 Å². The Morgan fingerprint density at radius 2 is 1.67 bits per heavy atom. The van der Waals surface area contributed by atoms with Crippen LogP contribution in [0.15, 0.2) is 52.3 Å². The minimum atomic E-state index is 0.993. The third kappa shape index (κ3) is 3.42.